The first kappa shape index (κ1) is 14.7. The molecule has 0 bridgehead atoms. The second-order valence-electron chi connectivity index (χ2n) is 4.68. The zero-order chi connectivity index (χ0) is 14.5. The molecule has 4 nitrogen and oxygen atoms in total. The number of amides is 1. The van der Waals surface area contributed by atoms with Crippen LogP contribution in [0.15, 0.2) is 41.3 Å². The Bertz CT molecular complexity index is 542. The van der Waals surface area contributed by atoms with Crippen LogP contribution in [0.25, 0.3) is 0 Å². The van der Waals surface area contributed by atoms with Crippen LogP contribution in [0.3, 0.4) is 0 Å². The molecule has 0 aromatic heterocycles. The van der Waals surface area contributed by atoms with Gasteiger partial charge in [0.1, 0.15) is 0 Å². The topological polar surface area (TPSA) is 66.4 Å². The molecule has 0 spiro atoms. The van der Waals surface area contributed by atoms with Crippen molar-refractivity contribution in [2.75, 3.05) is 11.6 Å². The Balaban J connectivity index is 2.14. The number of carbonyl (C=O) groups is 2. The van der Waals surface area contributed by atoms with E-state index in [0.717, 1.165) is 10.6 Å². The molecule has 1 aliphatic carbocycles. The van der Waals surface area contributed by atoms with Gasteiger partial charge in [0.15, 0.2) is 0 Å². The van der Waals surface area contributed by atoms with E-state index in [9.17, 15) is 14.7 Å². The summed E-state index contributed by atoms with van der Waals surface area (Å²) in [6, 6.07) is 7.52. The molecule has 5 heteroatoms. The van der Waals surface area contributed by atoms with Crippen LogP contribution in [0.1, 0.15) is 12.8 Å². The standard InChI is InChI=1S/C15H17NO3S/c1-20-13-9-5-4-8-12(13)16-14(17)10-6-2-3-7-11(10)15(18)19/h2-5,8-11H,6-7H2,1H3,(H,16,17)(H,18,19)/t10-,11+/m1/s1. The van der Waals surface area contributed by atoms with Gasteiger partial charge in [-0.1, -0.05) is 24.3 Å². The van der Waals surface area contributed by atoms with E-state index >= 15 is 0 Å². The fourth-order valence-corrected chi connectivity index (χ4v) is 2.90. The highest BCUT2D eigenvalue weighted by Crippen LogP contribution is 2.29. The van der Waals surface area contributed by atoms with Crippen molar-refractivity contribution in [2.45, 2.75) is 17.7 Å². The van der Waals surface area contributed by atoms with Gasteiger partial charge in [0.2, 0.25) is 5.91 Å². The molecule has 20 heavy (non-hydrogen) atoms. The number of hydrogen-bond acceptors (Lipinski definition) is 3. The van der Waals surface area contributed by atoms with E-state index in [1.807, 2.05) is 42.7 Å². The average Bonchev–Trinajstić information content (AvgIpc) is 2.47. The summed E-state index contributed by atoms with van der Waals surface area (Å²) < 4.78 is 0. The Morgan fingerprint density at radius 3 is 2.50 bits per heavy atom. The predicted molar refractivity (Wildman–Crippen MR) is 79.8 cm³/mol. The van der Waals surface area contributed by atoms with Gasteiger partial charge in [-0.05, 0) is 31.2 Å². The lowest BCUT2D eigenvalue weighted by atomic mass is 9.82. The average molecular weight is 291 g/mol. The minimum absolute atomic E-state index is 0.219. The molecule has 0 saturated carbocycles. The zero-order valence-corrected chi connectivity index (χ0v) is 12.0. The van der Waals surface area contributed by atoms with Crippen LogP contribution in [-0.2, 0) is 9.59 Å². The number of benzene rings is 1. The van der Waals surface area contributed by atoms with Crippen LogP contribution in [0, 0.1) is 11.8 Å². The van der Waals surface area contributed by atoms with Crippen LogP contribution in [-0.4, -0.2) is 23.2 Å². The third kappa shape index (κ3) is 3.22. The molecule has 1 aromatic rings. The number of nitrogens with one attached hydrogen (secondary N) is 1. The Morgan fingerprint density at radius 2 is 1.85 bits per heavy atom. The molecule has 2 rings (SSSR count). The molecule has 2 N–H and O–H groups in total. The van der Waals surface area contributed by atoms with Crippen LogP contribution in [0.5, 0.6) is 0 Å². The predicted octanol–water partition coefficient (Wildman–Crippen LogP) is 3.01. The van der Waals surface area contributed by atoms with Gasteiger partial charge in [-0.2, -0.15) is 0 Å². The second kappa shape index (κ2) is 6.61. The Hall–Kier alpha value is -1.75. The molecule has 1 aromatic carbocycles. The summed E-state index contributed by atoms with van der Waals surface area (Å²) in [6.45, 7) is 0. The molecule has 106 valence electrons. The normalized spacial score (nSPS) is 21.4. The molecule has 1 aliphatic rings. The molecule has 0 radical (unpaired) electrons. The quantitative estimate of drug-likeness (QED) is 0.661. The molecule has 1 amide bonds. The number of para-hydroxylation sites is 1. The number of anilines is 1. The Kier molecular flexibility index (Phi) is 4.84. The number of carbonyl (C=O) groups excluding carboxylic acids is 1. The van der Waals surface area contributed by atoms with Crippen molar-refractivity contribution in [3.8, 4) is 0 Å². The minimum atomic E-state index is -0.910. The summed E-state index contributed by atoms with van der Waals surface area (Å²) in [6.07, 6.45) is 6.54. The van der Waals surface area contributed by atoms with Crippen LogP contribution >= 0.6 is 11.8 Å². The van der Waals surface area contributed by atoms with E-state index in [4.69, 9.17) is 0 Å². The highest BCUT2D eigenvalue weighted by atomic mass is 32.2. The molecule has 0 heterocycles. The van der Waals surface area contributed by atoms with Crippen molar-refractivity contribution in [3.05, 3.63) is 36.4 Å². The summed E-state index contributed by atoms with van der Waals surface area (Å²) in [5.74, 6) is -2.27. The first-order valence-electron chi connectivity index (χ1n) is 6.45. The summed E-state index contributed by atoms with van der Waals surface area (Å²) >= 11 is 1.55. The van der Waals surface area contributed by atoms with E-state index in [1.54, 1.807) is 11.8 Å². The smallest absolute Gasteiger partial charge is 0.307 e. The maximum Gasteiger partial charge on any atom is 0.307 e. The van der Waals surface area contributed by atoms with Gasteiger partial charge >= 0.3 is 5.97 Å². The van der Waals surface area contributed by atoms with Crippen molar-refractivity contribution >= 4 is 29.3 Å². The summed E-state index contributed by atoms with van der Waals surface area (Å²) in [7, 11) is 0. The summed E-state index contributed by atoms with van der Waals surface area (Å²) in [4.78, 5) is 24.5. The molecular weight excluding hydrogens is 274 g/mol. The van der Waals surface area contributed by atoms with Crippen molar-refractivity contribution < 1.29 is 14.7 Å². The molecule has 0 unspecified atom stereocenters. The maximum atomic E-state index is 12.3. The fraction of sp³-hybridized carbons (Fsp3) is 0.333. The third-order valence-electron chi connectivity index (χ3n) is 3.45. The van der Waals surface area contributed by atoms with Gasteiger partial charge in [0, 0.05) is 4.90 Å². The second-order valence-corrected chi connectivity index (χ2v) is 5.53. The number of rotatable bonds is 4. The van der Waals surface area contributed by atoms with E-state index in [0.29, 0.717) is 12.8 Å². The summed E-state index contributed by atoms with van der Waals surface area (Å²) in [5.41, 5.74) is 0.740. The number of allylic oxidation sites excluding steroid dienone is 2. The minimum Gasteiger partial charge on any atom is -0.481 e. The number of aliphatic carboxylic acids is 1. The Labute approximate surface area is 122 Å². The van der Waals surface area contributed by atoms with E-state index < -0.39 is 17.8 Å². The van der Waals surface area contributed by atoms with Gasteiger partial charge in [-0.25, -0.2) is 0 Å². The molecule has 0 fully saturated rings. The number of hydrogen-bond donors (Lipinski definition) is 2. The van der Waals surface area contributed by atoms with Crippen LogP contribution in [0.2, 0.25) is 0 Å². The number of carboxylic acid groups (broad SMARTS) is 1. The molecule has 2 atom stereocenters. The van der Waals surface area contributed by atoms with Crippen molar-refractivity contribution in [1.29, 1.82) is 0 Å². The lowest BCUT2D eigenvalue weighted by Gasteiger charge is -2.24. The molecule has 0 saturated heterocycles. The van der Waals surface area contributed by atoms with Gasteiger partial charge in [-0.3, -0.25) is 9.59 Å². The van der Waals surface area contributed by atoms with Crippen molar-refractivity contribution in [2.24, 2.45) is 11.8 Å². The Morgan fingerprint density at radius 1 is 1.20 bits per heavy atom. The highest BCUT2D eigenvalue weighted by Gasteiger charge is 2.34. The van der Waals surface area contributed by atoms with E-state index in [2.05, 4.69) is 5.32 Å². The first-order chi connectivity index (χ1) is 9.63. The fourth-order valence-electron chi connectivity index (χ4n) is 2.35. The number of thioether (sulfide) groups is 1. The lowest BCUT2D eigenvalue weighted by Crippen LogP contribution is -2.34. The van der Waals surface area contributed by atoms with Crippen molar-refractivity contribution in [3.63, 3.8) is 0 Å². The van der Waals surface area contributed by atoms with Crippen molar-refractivity contribution in [1.82, 2.24) is 0 Å². The SMILES string of the molecule is CSc1ccccc1NC(=O)[C@@H]1CC=CC[C@@H]1C(=O)O. The van der Waals surface area contributed by atoms with Gasteiger partial charge < -0.3 is 10.4 Å². The van der Waals surface area contributed by atoms with Crippen LogP contribution < -0.4 is 5.32 Å². The first-order valence-corrected chi connectivity index (χ1v) is 7.67. The van der Waals surface area contributed by atoms with Gasteiger partial charge in [0.05, 0.1) is 17.5 Å². The van der Waals surface area contributed by atoms with Gasteiger partial charge in [-0.15, -0.1) is 11.8 Å². The van der Waals surface area contributed by atoms with Gasteiger partial charge in [0.25, 0.3) is 0 Å². The number of carboxylic acids is 1. The molecular formula is C15H17NO3S. The van der Waals surface area contributed by atoms with Crippen LogP contribution in [0.4, 0.5) is 5.69 Å². The largest absolute Gasteiger partial charge is 0.481 e. The molecule has 0 aliphatic heterocycles. The third-order valence-corrected chi connectivity index (χ3v) is 4.25. The lowest BCUT2D eigenvalue weighted by molar-refractivity contribution is -0.146. The summed E-state index contributed by atoms with van der Waals surface area (Å²) in [5, 5.41) is 12.1. The van der Waals surface area contributed by atoms with E-state index in [1.165, 1.54) is 0 Å². The van der Waals surface area contributed by atoms with E-state index in [-0.39, 0.29) is 5.91 Å². The monoisotopic (exact) mass is 291 g/mol. The maximum absolute atomic E-state index is 12.3. The highest BCUT2D eigenvalue weighted by molar-refractivity contribution is 7.98. The zero-order valence-electron chi connectivity index (χ0n) is 11.2.